The highest BCUT2D eigenvalue weighted by Gasteiger charge is 2.22. The highest BCUT2D eigenvalue weighted by molar-refractivity contribution is 5.47. The molecule has 0 saturated carbocycles. The van der Waals surface area contributed by atoms with Gasteiger partial charge >= 0.3 is 0 Å². The van der Waals surface area contributed by atoms with Crippen molar-refractivity contribution in [2.45, 2.75) is 19.5 Å². The second-order valence-electron chi connectivity index (χ2n) is 5.71. The Morgan fingerprint density at radius 3 is 2.39 bits per heavy atom. The van der Waals surface area contributed by atoms with Crippen molar-refractivity contribution in [1.82, 2.24) is 0 Å². The Labute approximate surface area is 142 Å². The second kappa shape index (κ2) is 7.66. The summed E-state index contributed by atoms with van der Waals surface area (Å²) in [4.78, 5) is 1.44. The Kier molecular flexibility index (Phi) is 5.85. The highest BCUT2D eigenvalue weighted by atomic mass is 35.5. The first-order chi connectivity index (χ1) is 10.7. The second-order valence-corrected chi connectivity index (χ2v) is 5.71. The third-order valence-corrected chi connectivity index (χ3v) is 4.24. The molecule has 2 aromatic carbocycles. The molecule has 1 aliphatic rings. The molecule has 0 fully saturated rings. The number of methoxy groups -OCH3 is 2. The fourth-order valence-electron chi connectivity index (χ4n) is 3.12. The van der Waals surface area contributed by atoms with Crippen molar-refractivity contribution < 1.29 is 31.2 Å². The molecule has 3 rings (SSSR count). The van der Waals surface area contributed by atoms with E-state index in [0.29, 0.717) is 0 Å². The van der Waals surface area contributed by atoms with Crippen LogP contribution in [0, 0.1) is 5.82 Å². The molecule has 0 aromatic heterocycles. The third-order valence-electron chi connectivity index (χ3n) is 4.24. The van der Waals surface area contributed by atoms with Crippen molar-refractivity contribution in [2.24, 2.45) is 0 Å². The van der Waals surface area contributed by atoms with E-state index in [-0.39, 0.29) is 18.2 Å². The molecule has 124 valence electrons. The minimum absolute atomic E-state index is 0. The van der Waals surface area contributed by atoms with Crippen LogP contribution in [0.25, 0.3) is 0 Å². The molecule has 0 saturated heterocycles. The Bertz CT molecular complexity index is 678. The van der Waals surface area contributed by atoms with Gasteiger partial charge < -0.3 is 26.8 Å². The van der Waals surface area contributed by atoms with Crippen LogP contribution in [0.3, 0.4) is 0 Å². The van der Waals surface area contributed by atoms with Crippen molar-refractivity contribution in [3.63, 3.8) is 0 Å². The zero-order valence-corrected chi connectivity index (χ0v) is 14.1. The van der Waals surface area contributed by atoms with E-state index in [1.165, 1.54) is 22.1 Å². The summed E-state index contributed by atoms with van der Waals surface area (Å²) in [5, 5.41) is 0. The molecular weight excluding hydrogens is 317 g/mol. The van der Waals surface area contributed by atoms with E-state index in [0.717, 1.165) is 43.1 Å². The van der Waals surface area contributed by atoms with Gasteiger partial charge in [-0.15, -0.1) is 0 Å². The van der Waals surface area contributed by atoms with Crippen LogP contribution in [0.2, 0.25) is 0 Å². The lowest BCUT2D eigenvalue weighted by atomic mass is 9.98. The van der Waals surface area contributed by atoms with Gasteiger partial charge in [0.15, 0.2) is 11.5 Å². The largest absolute Gasteiger partial charge is 1.00 e. The first-order valence-electron chi connectivity index (χ1n) is 7.51. The van der Waals surface area contributed by atoms with E-state index in [9.17, 15) is 4.39 Å². The molecule has 0 aliphatic carbocycles. The summed E-state index contributed by atoms with van der Waals surface area (Å²) in [6, 6.07) is 11.0. The van der Waals surface area contributed by atoms with Crippen LogP contribution in [0.15, 0.2) is 36.4 Å². The lowest BCUT2D eigenvalue weighted by Crippen LogP contribution is -3.10. The van der Waals surface area contributed by atoms with Crippen LogP contribution in [0.5, 0.6) is 11.5 Å². The predicted molar refractivity (Wildman–Crippen MR) is 82.9 cm³/mol. The van der Waals surface area contributed by atoms with Crippen LogP contribution in [-0.4, -0.2) is 20.8 Å². The van der Waals surface area contributed by atoms with Crippen LogP contribution < -0.4 is 26.8 Å². The van der Waals surface area contributed by atoms with E-state index >= 15 is 0 Å². The maximum atomic E-state index is 13.3. The minimum atomic E-state index is -0.166. The number of quaternary nitrogens is 1. The quantitative estimate of drug-likeness (QED) is 0.772. The van der Waals surface area contributed by atoms with Gasteiger partial charge in [-0.05, 0) is 29.8 Å². The van der Waals surface area contributed by atoms with E-state index in [2.05, 4.69) is 12.1 Å². The summed E-state index contributed by atoms with van der Waals surface area (Å²) in [5.41, 5.74) is 3.65. The number of hydrogen-bond donors (Lipinski definition) is 1. The fourth-order valence-corrected chi connectivity index (χ4v) is 3.12. The van der Waals surface area contributed by atoms with Gasteiger partial charge in [0.05, 0.1) is 20.8 Å². The molecule has 0 spiro atoms. The molecule has 1 unspecified atom stereocenters. The highest BCUT2D eigenvalue weighted by Crippen LogP contribution is 2.31. The molecule has 1 aliphatic heterocycles. The smallest absolute Gasteiger partial charge is 0.161 e. The first kappa shape index (κ1) is 17.6. The maximum Gasteiger partial charge on any atom is 0.161 e. The topological polar surface area (TPSA) is 22.9 Å². The van der Waals surface area contributed by atoms with Gasteiger partial charge in [0, 0.05) is 17.5 Å². The van der Waals surface area contributed by atoms with E-state index in [4.69, 9.17) is 9.47 Å². The summed E-state index contributed by atoms with van der Waals surface area (Å²) in [5.74, 6) is 1.39. The van der Waals surface area contributed by atoms with Crippen LogP contribution >= 0.6 is 0 Å². The predicted octanol–water partition coefficient (Wildman–Crippen LogP) is -1.01. The standard InChI is InChI=1S/C18H20FNO2.ClH/c1-21-17-9-14-6-7-20(12-15(14)10-18(17)22-2)11-13-4-3-5-16(19)8-13;/h3-5,8-10H,6-7,11-12H2,1-2H3;1H. The van der Waals surface area contributed by atoms with Gasteiger partial charge in [-0.25, -0.2) is 4.39 Å². The first-order valence-corrected chi connectivity index (χ1v) is 7.51. The molecule has 5 heteroatoms. The molecule has 1 N–H and O–H groups in total. The summed E-state index contributed by atoms with van der Waals surface area (Å²) >= 11 is 0. The molecule has 23 heavy (non-hydrogen) atoms. The van der Waals surface area contributed by atoms with Gasteiger partial charge in [0.2, 0.25) is 0 Å². The number of fused-ring (bicyclic) bond motifs is 1. The summed E-state index contributed by atoms with van der Waals surface area (Å²) < 4.78 is 24.1. The minimum Gasteiger partial charge on any atom is -1.00 e. The Hall–Kier alpha value is -1.78. The fraction of sp³-hybridized carbons (Fsp3) is 0.333. The van der Waals surface area contributed by atoms with Crippen molar-refractivity contribution >= 4 is 0 Å². The van der Waals surface area contributed by atoms with E-state index in [1.54, 1.807) is 26.4 Å². The van der Waals surface area contributed by atoms with Crippen LogP contribution in [-0.2, 0) is 19.5 Å². The molecular formula is C18H21ClFNO2. The summed E-state index contributed by atoms with van der Waals surface area (Å²) in [6.45, 7) is 2.80. The Morgan fingerprint density at radius 2 is 1.74 bits per heavy atom. The molecule has 0 radical (unpaired) electrons. The SMILES string of the molecule is COc1cc2c(cc1OC)C[NH+](Cc1cccc(F)c1)CC2.[Cl-]. The van der Waals surface area contributed by atoms with Gasteiger partial charge in [-0.3, -0.25) is 0 Å². The average Bonchev–Trinajstić information content (AvgIpc) is 2.53. The van der Waals surface area contributed by atoms with Gasteiger partial charge in [-0.2, -0.15) is 0 Å². The summed E-state index contributed by atoms with van der Waals surface area (Å²) in [6.07, 6.45) is 1.00. The molecule has 1 heterocycles. The normalized spacial score (nSPS) is 16.2. The molecule has 3 nitrogen and oxygen atoms in total. The van der Waals surface area contributed by atoms with Gasteiger partial charge in [0.1, 0.15) is 18.9 Å². The summed E-state index contributed by atoms with van der Waals surface area (Å²) in [7, 11) is 3.32. The van der Waals surface area contributed by atoms with Crippen molar-refractivity contribution in [3.8, 4) is 11.5 Å². The van der Waals surface area contributed by atoms with Crippen molar-refractivity contribution in [3.05, 3.63) is 58.9 Å². The Balaban J connectivity index is 0.00000192. The number of benzene rings is 2. The number of hydrogen-bond acceptors (Lipinski definition) is 2. The zero-order valence-electron chi connectivity index (χ0n) is 13.4. The molecule has 0 bridgehead atoms. The zero-order chi connectivity index (χ0) is 15.5. The number of nitrogens with one attached hydrogen (secondary N) is 1. The lowest BCUT2D eigenvalue weighted by Gasteiger charge is -2.27. The number of halogens is 2. The number of rotatable bonds is 4. The van der Waals surface area contributed by atoms with E-state index < -0.39 is 0 Å². The average molecular weight is 338 g/mol. The monoisotopic (exact) mass is 337 g/mol. The van der Waals surface area contributed by atoms with Crippen LogP contribution in [0.4, 0.5) is 4.39 Å². The van der Waals surface area contributed by atoms with Crippen LogP contribution in [0.1, 0.15) is 16.7 Å². The van der Waals surface area contributed by atoms with Gasteiger partial charge in [0.25, 0.3) is 0 Å². The third kappa shape index (κ3) is 3.95. The Morgan fingerprint density at radius 1 is 1.04 bits per heavy atom. The maximum absolute atomic E-state index is 13.3. The van der Waals surface area contributed by atoms with Crippen molar-refractivity contribution in [1.29, 1.82) is 0 Å². The lowest BCUT2D eigenvalue weighted by molar-refractivity contribution is -0.929. The van der Waals surface area contributed by atoms with Gasteiger partial charge in [-0.1, -0.05) is 12.1 Å². The molecule has 2 aromatic rings. The van der Waals surface area contributed by atoms with Crippen molar-refractivity contribution in [2.75, 3.05) is 20.8 Å². The van der Waals surface area contributed by atoms with E-state index in [1.807, 2.05) is 6.07 Å². The number of ether oxygens (including phenoxy) is 2. The molecule has 1 atom stereocenters. The molecule has 0 amide bonds.